The van der Waals surface area contributed by atoms with E-state index in [1.165, 1.54) is 6.08 Å². The lowest BCUT2D eigenvalue weighted by molar-refractivity contribution is -0.114. The van der Waals surface area contributed by atoms with Gasteiger partial charge in [-0.2, -0.15) is 0 Å². The van der Waals surface area contributed by atoms with Gasteiger partial charge in [-0.15, -0.1) is 11.6 Å². The van der Waals surface area contributed by atoms with Crippen molar-refractivity contribution in [2.24, 2.45) is 0 Å². The summed E-state index contributed by atoms with van der Waals surface area (Å²) < 4.78 is 2.18. The molecule has 2 aromatic heterocycles. The standard InChI is InChI=1S/C33H27ClN4O/c34-32(20-19-31(39)38(24-32)30-18-10-11-21-35-30)22-29-23-37(25-36-29)33(26-12-4-1-5-13-26,27-14-6-2-7-15-27)28-16-8-3-9-17-28/h1-21,23,25H,22,24H2. The van der Waals surface area contributed by atoms with Gasteiger partial charge in [-0.1, -0.05) is 103 Å². The van der Waals surface area contributed by atoms with Gasteiger partial charge >= 0.3 is 0 Å². The molecule has 5 aromatic rings. The molecule has 1 unspecified atom stereocenters. The molecule has 0 saturated carbocycles. The summed E-state index contributed by atoms with van der Waals surface area (Å²) >= 11 is 7.14. The van der Waals surface area contributed by atoms with Crippen LogP contribution in [-0.2, 0) is 16.8 Å². The molecule has 1 aliphatic rings. The smallest absolute Gasteiger partial charge is 0.251 e. The van der Waals surface area contributed by atoms with E-state index in [0.717, 1.165) is 22.4 Å². The Morgan fingerprint density at radius 1 is 0.769 bits per heavy atom. The van der Waals surface area contributed by atoms with Crippen LogP contribution in [-0.4, -0.2) is 31.9 Å². The first-order valence-electron chi connectivity index (χ1n) is 12.9. The molecule has 6 rings (SSSR count). The SMILES string of the molecule is O=C1C=CC(Cl)(Cc2cn(C(c3ccccc3)(c3ccccc3)c3ccccc3)cn2)CN1c1ccccn1. The van der Waals surface area contributed by atoms with E-state index in [-0.39, 0.29) is 5.91 Å². The van der Waals surface area contributed by atoms with Gasteiger partial charge in [0.2, 0.25) is 0 Å². The maximum absolute atomic E-state index is 12.7. The quantitative estimate of drug-likeness (QED) is 0.185. The number of amides is 1. The summed E-state index contributed by atoms with van der Waals surface area (Å²) in [5, 5.41) is 0. The van der Waals surface area contributed by atoms with Crippen LogP contribution in [0, 0.1) is 0 Å². The minimum absolute atomic E-state index is 0.133. The highest BCUT2D eigenvalue weighted by Crippen LogP contribution is 2.41. The van der Waals surface area contributed by atoms with E-state index in [9.17, 15) is 4.79 Å². The summed E-state index contributed by atoms with van der Waals surface area (Å²) in [5.41, 5.74) is 3.55. The van der Waals surface area contributed by atoms with E-state index in [4.69, 9.17) is 16.6 Å². The third kappa shape index (κ3) is 4.66. The molecular formula is C33H27ClN4O. The van der Waals surface area contributed by atoms with Crippen molar-refractivity contribution in [3.05, 3.63) is 162 Å². The maximum Gasteiger partial charge on any atom is 0.251 e. The average molecular weight is 531 g/mol. The fourth-order valence-electron chi connectivity index (χ4n) is 5.45. The number of hydrogen-bond donors (Lipinski definition) is 0. The number of nitrogens with zero attached hydrogens (tertiary/aromatic N) is 4. The van der Waals surface area contributed by atoms with Gasteiger partial charge in [0.15, 0.2) is 0 Å². The van der Waals surface area contributed by atoms with Crippen molar-refractivity contribution >= 4 is 23.3 Å². The highest BCUT2D eigenvalue weighted by Gasteiger charge is 2.40. The van der Waals surface area contributed by atoms with Crippen LogP contribution in [0.25, 0.3) is 0 Å². The maximum atomic E-state index is 12.7. The van der Waals surface area contributed by atoms with Crippen molar-refractivity contribution in [3.8, 4) is 0 Å². The molecule has 0 bridgehead atoms. The van der Waals surface area contributed by atoms with Crippen molar-refractivity contribution in [1.29, 1.82) is 0 Å². The fraction of sp³-hybridized carbons (Fsp3) is 0.121. The summed E-state index contributed by atoms with van der Waals surface area (Å²) in [7, 11) is 0. The lowest BCUT2D eigenvalue weighted by Gasteiger charge is -2.37. The predicted octanol–water partition coefficient (Wildman–Crippen LogP) is 6.24. The van der Waals surface area contributed by atoms with Crippen LogP contribution in [0.15, 0.2) is 140 Å². The number of alkyl halides is 1. The van der Waals surface area contributed by atoms with E-state index < -0.39 is 10.4 Å². The highest BCUT2D eigenvalue weighted by atomic mass is 35.5. The number of halogens is 1. The van der Waals surface area contributed by atoms with E-state index in [0.29, 0.717) is 18.8 Å². The number of imidazole rings is 1. The van der Waals surface area contributed by atoms with Crippen LogP contribution in [0.5, 0.6) is 0 Å². The van der Waals surface area contributed by atoms with Gasteiger partial charge < -0.3 is 4.57 Å². The predicted molar refractivity (Wildman–Crippen MR) is 155 cm³/mol. The van der Waals surface area contributed by atoms with Gasteiger partial charge in [0.05, 0.1) is 23.4 Å². The van der Waals surface area contributed by atoms with Crippen LogP contribution >= 0.6 is 11.6 Å². The van der Waals surface area contributed by atoms with Crippen LogP contribution in [0.2, 0.25) is 0 Å². The van der Waals surface area contributed by atoms with Crippen LogP contribution in [0.1, 0.15) is 22.4 Å². The number of aromatic nitrogens is 3. The highest BCUT2D eigenvalue weighted by molar-refractivity contribution is 6.27. The first-order chi connectivity index (χ1) is 19.1. The molecule has 5 nitrogen and oxygen atoms in total. The van der Waals surface area contributed by atoms with Gasteiger partial charge in [0, 0.05) is 24.9 Å². The van der Waals surface area contributed by atoms with Crippen molar-refractivity contribution in [3.63, 3.8) is 0 Å². The molecule has 0 radical (unpaired) electrons. The Labute approximate surface area is 233 Å². The van der Waals surface area contributed by atoms with Gasteiger partial charge in [0.25, 0.3) is 5.91 Å². The van der Waals surface area contributed by atoms with Gasteiger partial charge in [-0.05, 0) is 28.8 Å². The molecule has 0 spiro atoms. The topological polar surface area (TPSA) is 51.0 Å². The lowest BCUT2D eigenvalue weighted by Crippen LogP contribution is -2.46. The van der Waals surface area contributed by atoms with Gasteiger partial charge in [0.1, 0.15) is 11.4 Å². The summed E-state index contributed by atoms with van der Waals surface area (Å²) in [5.74, 6) is 0.449. The molecule has 1 amide bonds. The Kier molecular flexibility index (Phi) is 6.59. The lowest BCUT2D eigenvalue weighted by atomic mass is 9.77. The number of rotatable bonds is 7. The molecule has 0 N–H and O–H groups in total. The van der Waals surface area contributed by atoms with E-state index >= 15 is 0 Å². The molecule has 0 aliphatic carbocycles. The summed E-state index contributed by atoms with van der Waals surface area (Å²) in [6, 6.07) is 36.9. The second kappa shape index (κ2) is 10.4. The Hall–Kier alpha value is -4.48. The molecule has 1 atom stereocenters. The first-order valence-corrected chi connectivity index (χ1v) is 13.3. The summed E-state index contributed by atoms with van der Waals surface area (Å²) in [4.78, 5) is 22.7. The molecule has 6 heteroatoms. The molecule has 0 saturated heterocycles. The molecule has 3 heterocycles. The molecule has 3 aromatic carbocycles. The first kappa shape index (κ1) is 24.8. The van der Waals surface area contributed by atoms with Gasteiger partial charge in [-0.25, -0.2) is 9.97 Å². The number of carbonyl (C=O) groups is 1. The van der Waals surface area contributed by atoms with Crippen LogP contribution in [0.3, 0.4) is 0 Å². The minimum atomic E-state index is -0.820. The third-order valence-corrected chi connectivity index (χ3v) is 7.59. The largest absolute Gasteiger partial charge is 0.319 e. The van der Waals surface area contributed by atoms with Crippen molar-refractivity contribution in [2.45, 2.75) is 16.8 Å². The second-order valence-electron chi connectivity index (χ2n) is 9.74. The zero-order valence-corrected chi connectivity index (χ0v) is 22.0. The second-order valence-corrected chi connectivity index (χ2v) is 10.5. The van der Waals surface area contributed by atoms with E-state index in [1.807, 2.05) is 42.7 Å². The van der Waals surface area contributed by atoms with Gasteiger partial charge in [-0.3, -0.25) is 9.69 Å². The molecule has 1 aliphatic heterocycles. The third-order valence-electron chi connectivity index (χ3n) is 7.21. The Balaban J connectivity index is 1.43. The number of hydrogen-bond acceptors (Lipinski definition) is 3. The molecule has 0 fully saturated rings. The van der Waals surface area contributed by atoms with Crippen LogP contribution in [0.4, 0.5) is 5.82 Å². The summed E-state index contributed by atoms with van der Waals surface area (Å²) in [6.07, 6.45) is 9.40. The Morgan fingerprint density at radius 3 is 1.87 bits per heavy atom. The Morgan fingerprint density at radius 2 is 1.33 bits per heavy atom. The van der Waals surface area contributed by atoms with Crippen LogP contribution < -0.4 is 4.90 Å². The fourth-order valence-corrected chi connectivity index (χ4v) is 5.77. The van der Waals surface area contributed by atoms with Crippen molar-refractivity contribution in [2.75, 3.05) is 11.4 Å². The van der Waals surface area contributed by atoms with Crippen molar-refractivity contribution in [1.82, 2.24) is 14.5 Å². The molecule has 192 valence electrons. The summed E-state index contributed by atoms with van der Waals surface area (Å²) in [6.45, 7) is 0.301. The molecular weight excluding hydrogens is 504 g/mol. The minimum Gasteiger partial charge on any atom is -0.319 e. The number of carbonyl (C=O) groups excluding carboxylic acids is 1. The van der Waals surface area contributed by atoms with E-state index in [2.05, 4.69) is 88.5 Å². The molecule has 39 heavy (non-hydrogen) atoms. The average Bonchev–Trinajstić information content (AvgIpc) is 3.45. The zero-order chi connectivity index (χ0) is 26.7. The number of anilines is 1. The Bertz CT molecular complexity index is 1490. The zero-order valence-electron chi connectivity index (χ0n) is 21.3. The monoisotopic (exact) mass is 530 g/mol. The number of pyridine rings is 1. The number of benzene rings is 3. The van der Waals surface area contributed by atoms with E-state index in [1.54, 1.807) is 17.2 Å². The normalized spacial score (nSPS) is 17.4. The van der Waals surface area contributed by atoms with Crippen molar-refractivity contribution < 1.29 is 4.79 Å².